The molecule has 1 unspecified atom stereocenters. The molecule has 110 valence electrons. The number of aryl methyl sites for hydroxylation is 2. The highest BCUT2D eigenvalue weighted by atomic mass is 31.2. The second kappa shape index (κ2) is 6.12. The normalized spacial score (nSPS) is 13.3. The highest BCUT2D eigenvalue weighted by Crippen LogP contribution is 2.40. The molecule has 6 heteroatoms. The Morgan fingerprint density at radius 3 is 2.14 bits per heavy atom. The monoisotopic (exact) mass is 305 g/mol. The molecule has 5 nitrogen and oxygen atoms in total. The molecule has 1 atom stereocenters. The smallest absolute Gasteiger partial charge is 0.374 e. The van der Waals surface area contributed by atoms with Crippen molar-refractivity contribution in [1.82, 2.24) is 0 Å². The minimum Gasteiger partial charge on any atom is -0.736 e. The molecule has 2 rings (SSSR count). The van der Waals surface area contributed by atoms with Gasteiger partial charge in [0.1, 0.15) is 5.75 Å². The number of hydrogen-bond donors (Lipinski definition) is 0. The predicted octanol–water partition coefficient (Wildman–Crippen LogP) is 3.01. The number of rotatable bonds is 4. The van der Waals surface area contributed by atoms with Crippen LogP contribution < -0.4 is 9.42 Å². The van der Waals surface area contributed by atoms with Crippen LogP contribution >= 0.6 is 7.82 Å². The van der Waals surface area contributed by atoms with Gasteiger partial charge in [-0.2, -0.15) is 0 Å². The van der Waals surface area contributed by atoms with Gasteiger partial charge in [0, 0.05) is 0 Å². The zero-order valence-corrected chi connectivity index (χ0v) is 12.5. The Hall–Kier alpha value is -2.10. The number of benzene rings is 2. The van der Waals surface area contributed by atoms with Crippen LogP contribution in [0.4, 0.5) is 0 Å². The first-order valence-electron chi connectivity index (χ1n) is 6.25. The van der Waals surface area contributed by atoms with Gasteiger partial charge in [0.05, 0.1) is 5.56 Å². The van der Waals surface area contributed by atoms with E-state index in [9.17, 15) is 14.3 Å². The molecular weight excluding hydrogens is 291 g/mol. The number of phosphoric acid groups is 1. The van der Waals surface area contributed by atoms with E-state index < -0.39 is 13.8 Å². The van der Waals surface area contributed by atoms with Crippen molar-refractivity contribution in [3.05, 3.63) is 65.2 Å². The fourth-order valence-electron chi connectivity index (χ4n) is 1.91. The zero-order valence-electron chi connectivity index (χ0n) is 11.6. The van der Waals surface area contributed by atoms with Crippen LogP contribution in [0.3, 0.4) is 0 Å². The van der Waals surface area contributed by atoms with Gasteiger partial charge in [-0.3, -0.25) is 0 Å². The Bertz CT molecular complexity index is 676. The van der Waals surface area contributed by atoms with Crippen molar-refractivity contribution in [1.29, 1.82) is 0 Å². The first-order chi connectivity index (χ1) is 9.89. The molecule has 0 spiro atoms. The first kappa shape index (κ1) is 15.3. The number of phosphoric ester groups is 1. The molecule has 0 aromatic heterocycles. The fourth-order valence-corrected chi connectivity index (χ4v) is 2.62. The molecule has 2 aromatic carbocycles. The van der Waals surface area contributed by atoms with E-state index in [1.54, 1.807) is 50.2 Å². The second-order valence-electron chi connectivity index (χ2n) is 4.50. The fraction of sp³-hybridized carbons (Fsp3) is 0.133. The summed E-state index contributed by atoms with van der Waals surface area (Å²) in [6, 6.07) is 13.0. The molecule has 0 radical (unpaired) electrons. The molecule has 0 saturated heterocycles. The first-order valence-corrected chi connectivity index (χ1v) is 7.71. The summed E-state index contributed by atoms with van der Waals surface area (Å²) < 4.78 is 21.0. The largest absolute Gasteiger partial charge is 0.736 e. The van der Waals surface area contributed by atoms with Crippen molar-refractivity contribution in [3.8, 4) is 5.75 Å². The topological polar surface area (TPSA) is 75.7 Å². The maximum absolute atomic E-state index is 12.0. The number of para-hydroxylation sites is 1. The molecule has 0 aliphatic rings. The molecule has 0 aliphatic carbocycles. The van der Waals surface area contributed by atoms with Gasteiger partial charge in [-0.1, -0.05) is 36.4 Å². The lowest BCUT2D eigenvalue weighted by atomic mass is 10.0. The molecule has 0 heterocycles. The van der Waals surface area contributed by atoms with Crippen LogP contribution in [0.1, 0.15) is 21.5 Å². The predicted molar refractivity (Wildman–Crippen MR) is 76.0 cm³/mol. The van der Waals surface area contributed by atoms with E-state index in [4.69, 9.17) is 4.52 Å². The standard InChI is InChI=1S/C15H15O5P/c1-11-7-6-8-12(2)14(11)15(16)20-21(17,18)19-13-9-4-3-5-10-13/h3-10H,1-2H3,(H,17,18)/p-1. The summed E-state index contributed by atoms with van der Waals surface area (Å²) in [6.45, 7) is 3.41. The van der Waals surface area contributed by atoms with Crippen molar-refractivity contribution in [2.75, 3.05) is 0 Å². The van der Waals surface area contributed by atoms with Crippen LogP contribution in [0.5, 0.6) is 5.75 Å². The van der Waals surface area contributed by atoms with Gasteiger partial charge in [0.2, 0.25) is 0 Å². The summed E-state index contributed by atoms with van der Waals surface area (Å²) in [4.78, 5) is 23.8. The highest BCUT2D eigenvalue weighted by Gasteiger charge is 2.21. The molecule has 0 amide bonds. The number of carbonyl (C=O) groups is 1. The minimum absolute atomic E-state index is 0.0881. The van der Waals surface area contributed by atoms with Crippen molar-refractivity contribution in [2.24, 2.45) is 0 Å². The van der Waals surface area contributed by atoms with E-state index in [0.717, 1.165) is 0 Å². The van der Waals surface area contributed by atoms with E-state index in [-0.39, 0.29) is 11.3 Å². The Kier molecular flexibility index (Phi) is 4.46. The lowest BCUT2D eigenvalue weighted by Gasteiger charge is -2.23. The van der Waals surface area contributed by atoms with Gasteiger partial charge >= 0.3 is 13.8 Å². The summed E-state index contributed by atoms with van der Waals surface area (Å²) in [6.07, 6.45) is 0. The van der Waals surface area contributed by atoms with Gasteiger partial charge in [0.15, 0.2) is 0 Å². The Morgan fingerprint density at radius 1 is 1.00 bits per heavy atom. The van der Waals surface area contributed by atoms with Crippen molar-refractivity contribution >= 4 is 13.8 Å². The third-order valence-electron chi connectivity index (χ3n) is 2.84. The Balaban J connectivity index is 2.17. The summed E-state index contributed by atoms with van der Waals surface area (Å²) in [5.41, 5.74) is 1.50. The van der Waals surface area contributed by atoms with Crippen LogP contribution in [0.2, 0.25) is 0 Å². The molecule has 21 heavy (non-hydrogen) atoms. The highest BCUT2D eigenvalue weighted by molar-refractivity contribution is 7.47. The molecule has 0 fully saturated rings. The lowest BCUT2D eigenvalue weighted by Crippen LogP contribution is -2.16. The SMILES string of the molecule is Cc1cccc(C)c1C(=O)OP(=O)([O-])Oc1ccccc1. The van der Waals surface area contributed by atoms with E-state index in [0.29, 0.717) is 11.1 Å². The van der Waals surface area contributed by atoms with Crippen LogP contribution in [0.15, 0.2) is 48.5 Å². The second-order valence-corrected chi connectivity index (χ2v) is 5.76. The van der Waals surface area contributed by atoms with Crippen molar-refractivity contribution in [2.45, 2.75) is 13.8 Å². The van der Waals surface area contributed by atoms with Crippen molar-refractivity contribution < 1.29 is 23.3 Å². The number of carbonyl (C=O) groups excluding carboxylic acids is 1. The lowest BCUT2D eigenvalue weighted by molar-refractivity contribution is -0.211. The minimum atomic E-state index is -4.78. The third kappa shape index (κ3) is 3.94. The van der Waals surface area contributed by atoms with Gasteiger partial charge in [-0.15, -0.1) is 0 Å². The van der Waals surface area contributed by atoms with Crippen LogP contribution in [-0.4, -0.2) is 5.97 Å². The molecule has 0 N–H and O–H groups in total. The van der Waals surface area contributed by atoms with Gasteiger partial charge in [-0.25, -0.2) is 9.36 Å². The van der Waals surface area contributed by atoms with Crippen molar-refractivity contribution in [3.63, 3.8) is 0 Å². The van der Waals surface area contributed by atoms with E-state index in [2.05, 4.69) is 4.52 Å². The van der Waals surface area contributed by atoms with Crippen LogP contribution in [0.25, 0.3) is 0 Å². The summed E-state index contributed by atoms with van der Waals surface area (Å²) >= 11 is 0. The quantitative estimate of drug-likeness (QED) is 0.812. The maximum atomic E-state index is 12.0. The Morgan fingerprint density at radius 2 is 1.57 bits per heavy atom. The van der Waals surface area contributed by atoms with Gasteiger partial charge in [0.25, 0.3) is 0 Å². The molecular formula is C15H14O5P-. The Labute approximate surface area is 122 Å². The zero-order chi connectivity index (χ0) is 15.5. The maximum Gasteiger partial charge on any atom is 0.374 e. The molecule has 0 aliphatic heterocycles. The third-order valence-corrected chi connectivity index (χ3v) is 3.66. The summed E-state index contributed by atoms with van der Waals surface area (Å²) in [5, 5.41) is 0. The van der Waals surface area contributed by atoms with E-state index in [1.165, 1.54) is 12.1 Å². The van der Waals surface area contributed by atoms with E-state index in [1.807, 2.05) is 0 Å². The van der Waals surface area contributed by atoms with Gasteiger partial charge in [-0.05, 0) is 37.1 Å². The molecule has 0 bridgehead atoms. The van der Waals surface area contributed by atoms with E-state index >= 15 is 0 Å². The average Bonchev–Trinajstić information content (AvgIpc) is 2.38. The van der Waals surface area contributed by atoms with Gasteiger partial charge < -0.3 is 13.9 Å². The average molecular weight is 305 g/mol. The number of hydrogen-bond acceptors (Lipinski definition) is 5. The van der Waals surface area contributed by atoms with Crippen LogP contribution in [-0.2, 0) is 9.09 Å². The molecule has 2 aromatic rings. The molecule has 0 saturated carbocycles. The summed E-state index contributed by atoms with van der Waals surface area (Å²) in [5.74, 6) is -0.856. The van der Waals surface area contributed by atoms with Crippen LogP contribution in [0, 0.1) is 13.8 Å². The summed E-state index contributed by atoms with van der Waals surface area (Å²) in [7, 11) is -4.78.